The van der Waals surface area contributed by atoms with Crippen molar-refractivity contribution in [3.63, 3.8) is 0 Å². The van der Waals surface area contributed by atoms with E-state index in [4.69, 9.17) is 11.6 Å². The van der Waals surface area contributed by atoms with Crippen molar-refractivity contribution in [2.24, 2.45) is 0 Å². The summed E-state index contributed by atoms with van der Waals surface area (Å²) < 4.78 is 0. The predicted octanol–water partition coefficient (Wildman–Crippen LogP) is 1.56. The highest BCUT2D eigenvalue weighted by molar-refractivity contribution is 6.31. The number of rotatable bonds is 3. The lowest BCUT2D eigenvalue weighted by molar-refractivity contribution is 0.778. The van der Waals surface area contributed by atoms with Gasteiger partial charge in [-0.05, 0) is 13.0 Å². The van der Waals surface area contributed by atoms with Crippen LogP contribution in [0.2, 0.25) is 5.02 Å². The number of anilines is 1. The number of aromatic nitrogens is 2. The molecule has 16 heavy (non-hydrogen) atoms. The van der Waals surface area contributed by atoms with Gasteiger partial charge in [-0.1, -0.05) is 23.8 Å². The van der Waals surface area contributed by atoms with Crippen LogP contribution in [-0.2, 0) is 0 Å². The van der Waals surface area contributed by atoms with E-state index in [-0.39, 0.29) is 0 Å². The zero-order valence-electron chi connectivity index (χ0n) is 8.78. The third-order valence-corrected chi connectivity index (χ3v) is 3.16. The lowest BCUT2D eigenvalue weighted by Gasteiger charge is -2.12. The molecular weight excluding hydrogens is 224 g/mol. The number of hydrogen-bond acceptors (Lipinski definition) is 4. The van der Waals surface area contributed by atoms with E-state index in [0.717, 1.165) is 25.2 Å². The third kappa shape index (κ3) is 2.03. The number of nitrogens with one attached hydrogen (secondary N) is 2. The monoisotopic (exact) mass is 236 g/mol. The van der Waals surface area contributed by atoms with Gasteiger partial charge in [0.15, 0.2) is 0 Å². The Morgan fingerprint density at radius 3 is 3.00 bits per heavy atom. The van der Waals surface area contributed by atoms with Gasteiger partial charge in [-0.15, -0.1) is 0 Å². The standard InChI is InChI=1S/C11H13ClN4/c12-9-6-14-11(15-8-3-4-13-5-8)16-10(9)7-1-2-7/h1-2,6-8,13H,3-5H2,(H,14,15,16)/t8-/m1/s1. The van der Waals surface area contributed by atoms with Gasteiger partial charge in [0.2, 0.25) is 5.95 Å². The van der Waals surface area contributed by atoms with Gasteiger partial charge in [-0.2, -0.15) is 0 Å². The van der Waals surface area contributed by atoms with Crippen molar-refractivity contribution in [2.75, 3.05) is 18.4 Å². The van der Waals surface area contributed by atoms with Gasteiger partial charge in [0.05, 0.1) is 16.9 Å². The molecule has 84 valence electrons. The van der Waals surface area contributed by atoms with E-state index < -0.39 is 0 Å². The minimum Gasteiger partial charge on any atom is -0.350 e. The van der Waals surface area contributed by atoms with Crippen molar-refractivity contribution in [3.05, 3.63) is 29.1 Å². The Balaban J connectivity index is 1.76. The molecule has 1 aromatic rings. The van der Waals surface area contributed by atoms with Crippen molar-refractivity contribution in [1.82, 2.24) is 15.3 Å². The summed E-state index contributed by atoms with van der Waals surface area (Å²) in [5.41, 5.74) is 0.908. The number of allylic oxidation sites excluding steroid dienone is 2. The molecule has 1 fully saturated rings. The average Bonchev–Trinajstić information content (AvgIpc) is 3.00. The molecule has 0 unspecified atom stereocenters. The molecule has 0 aromatic carbocycles. The third-order valence-electron chi connectivity index (χ3n) is 2.87. The molecule has 4 nitrogen and oxygen atoms in total. The minimum atomic E-state index is 0.317. The molecule has 1 aliphatic heterocycles. The summed E-state index contributed by atoms with van der Waals surface area (Å²) in [5, 5.41) is 7.26. The zero-order chi connectivity index (χ0) is 11.0. The van der Waals surface area contributed by atoms with Crippen LogP contribution in [0.4, 0.5) is 5.95 Å². The quantitative estimate of drug-likeness (QED) is 0.782. The molecule has 2 heterocycles. The molecule has 1 atom stereocenters. The van der Waals surface area contributed by atoms with E-state index in [2.05, 4.69) is 32.8 Å². The first-order chi connectivity index (χ1) is 7.83. The molecule has 2 aliphatic rings. The van der Waals surface area contributed by atoms with Crippen molar-refractivity contribution in [1.29, 1.82) is 0 Å². The van der Waals surface area contributed by atoms with E-state index >= 15 is 0 Å². The number of nitrogens with zero attached hydrogens (tertiary/aromatic N) is 2. The molecule has 1 aliphatic carbocycles. The lowest BCUT2D eigenvalue weighted by atomic mass is 10.2. The van der Waals surface area contributed by atoms with Crippen molar-refractivity contribution in [3.8, 4) is 0 Å². The second-order valence-corrected chi connectivity index (χ2v) is 4.58. The minimum absolute atomic E-state index is 0.317. The Hall–Kier alpha value is -1.13. The summed E-state index contributed by atoms with van der Waals surface area (Å²) in [4.78, 5) is 8.66. The van der Waals surface area contributed by atoms with Crippen molar-refractivity contribution in [2.45, 2.75) is 18.4 Å². The summed E-state index contributed by atoms with van der Waals surface area (Å²) in [6, 6.07) is 0.432. The highest BCUT2D eigenvalue weighted by atomic mass is 35.5. The molecule has 0 amide bonds. The highest BCUT2D eigenvalue weighted by Gasteiger charge is 2.21. The SMILES string of the molecule is Clc1cnc(N[C@@H]2CCNC2)nc1C1C=C1. The molecule has 0 spiro atoms. The number of hydrogen-bond donors (Lipinski definition) is 2. The average molecular weight is 237 g/mol. The van der Waals surface area contributed by atoms with Crippen LogP contribution in [-0.4, -0.2) is 29.1 Å². The highest BCUT2D eigenvalue weighted by Crippen LogP contribution is 2.33. The van der Waals surface area contributed by atoms with Gasteiger partial charge < -0.3 is 10.6 Å². The van der Waals surface area contributed by atoms with Crippen LogP contribution in [0.15, 0.2) is 18.3 Å². The van der Waals surface area contributed by atoms with E-state index in [0.29, 0.717) is 22.9 Å². The van der Waals surface area contributed by atoms with Crippen LogP contribution in [0.5, 0.6) is 0 Å². The number of halogens is 1. The summed E-state index contributed by atoms with van der Waals surface area (Å²) in [5.74, 6) is 1.000. The Kier molecular flexibility index (Phi) is 2.53. The first-order valence-electron chi connectivity index (χ1n) is 5.51. The normalized spacial score (nSPS) is 23.7. The van der Waals surface area contributed by atoms with Gasteiger partial charge in [-0.25, -0.2) is 9.97 Å². The van der Waals surface area contributed by atoms with Crippen LogP contribution in [0, 0.1) is 0 Å². The fraction of sp³-hybridized carbons (Fsp3) is 0.455. The molecule has 5 heteroatoms. The first-order valence-corrected chi connectivity index (χ1v) is 5.89. The zero-order valence-corrected chi connectivity index (χ0v) is 9.54. The van der Waals surface area contributed by atoms with E-state index in [1.54, 1.807) is 6.20 Å². The van der Waals surface area contributed by atoms with Crippen molar-refractivity contribution >= 4 is 17.5 Å². The molecule has 0 bridgehead atoms. The smallest absolute Gasteiger partial charge is 0.223 e. The molecule has 1 aromatic heterocycles. The van der Waals surface area contributed by atoms with Gasteiger partial charge in [0, 0.05) is 18.5 Å². The maximum atomic E-state index is 6.04. The van der Waals surface area contributed by atoms with E-state index in [1.807, 2.05) is 0 Å². The molecule has 0 saturated carbocycles. The Labute approximate surface area is 99.1 Å². The van der Waals surface area contributed by atoms with Crippen LogP contribution in [0.25, 0.3) is 0 Å². The molecule has 3 rings (SSSR count). The largest absolute Gasteiger partial charge is 0.350 e. The van der Waals surface area contributed by atoms with E-state index in [9.17, 15) is 0 Å². The Morgan fingerprint density at radius 2 is 2.31 bits per heavy atom. The Bertz CT molecular complexity index is 420. The van der Waals surface area contributed by atoms with Gasteiger partial charge in [0.1, 0.15) is 0 Å². The second-order valence-electron chi connectivity index (χ2n) is 4.17. The Morgan fingerprint density at radius 1 is 1.44 bits per heavy atom. The van der Waals surface area contributed by atoms with E-state index in [1.165, 1.54) is 0 Å². The maximum absolute atomic E-state index is 6.04. The van der Waals surface area contributed by atoms with Gasteiger partial charge in [0.25, 0.3) is 0 Å². The van der Waals surface area contributed by atoms with Crippen LogP contribution >= 0.6 is 11.6 Å². The van der Waals surface area contributed by atoms with Crippen LogP contribution in [0.3, 0.4) is 0 Å². The van der Waals surface area contributed by atoms with Crippen LogP contribution in [0.1, 0.15) is 18.0 Å². The molecular formula is C11H13ClN4. The van der Waals surface area contributed by atoms with Gasteiger partial charge in [-0.3, -0.25) is 0 Å². The fourth-order valence-corrected chi connectivity index (χ4v) is 2.10. The first kappa shape index (κ1) is 10.1. The summed E-state index contributed by atoms with van der Waals surface area (Å²) in [7, 11) is 0. The summed E-state index contributed by atoms with van der Waals surface area (Å²) in [6.07, 6.45) is 6.95. The molecule has 2 N–H and O–H groups in total. The van der Waals surface area contributed by atoms with Gasteiger partial charge >= 0.3 is 0 Å². The fourth-order valence-electron chi connectivity index (χ4n) is 1.88. The molecule has 0 radical (unpaired) electrons. The second kappa shape index (κ2) is 4.03. The van der Waals surface area contributed by atoms with Crippen molar-refractivity contribution < 1.29 is 0 Å². The topological polar surface area (TPSA) is 49.8 Å². The molecule has 1 saturated heterocycles. The summed E-state index contributed by atoms with van der Waals surface area (Å²) in [6.45, 7) is 2.03. The predicted molar refractivity (Wildman–Crippen MR) is 63.8 cm³/mol. The van der Waals surface area contributed by atoms with Crippen LogP contribution < -0.4 is 10.6 Å². The lowest BCUT2D eigenvalue weighted by Crippen LogP contribution is -2.23. The maximum Gasteiger partial charge on any atom is 0.223 e. The summed E-state index contributed by atoms with van der Waals surface area (Å²) >= 11 is 6.04.